The van der Waals surface area contributed by atoms with Crippen molar-refractivity contribution in [3.05, 3.63) is 77.6 Å². The number of benzene rings is 1. The van der Waals surface area contributed by atoms with Crippen molar-refractivity contribution < 1.29 is 14.3 Å². The molecule has 0 atom stereocenters. The third-order valence-electron chi connectivity index (χ3n) is 3.17. The molecule has 0 unspecified atom stereocenters. The van der Waals surface area contributed by atoms with Gasteiger partial charge in [0.15, 0.2) is 0 Å². The smallest absolute Gasteiger partial charge is 0.330 e. The SMILES string of the molecule is COC(=O)/C=C/c1ccc(/C=C/C(=O)NCc2cccnc2)cc1. The van der Waals surface area contributed by atoms with Crippen LogP contribution in [-0.4, -0.2) is 24.0 Å². The van der Waals surface area contributed by atoms with E-state index in [0.717, 1.165) is 16.7 Å². The number of pyridine rings is 1. The Morgan fingerprint density at radius 2 is 1.75 bits per heavy atom. The second-order valence-electron chi connectivity index (χ2n) is 4.94. The molecular formula is C19H18N2O3. The zero-order valence-electron chi connectivity index (χ0n) is 13.3. The molecule has 122 valence electrons. The normalized spacial score (nSPS) is 10.9. The van der Waals surface area contributed by atoms with Gasteiger partial charge in [-0.1, -0.05) is 30.3 Å². The van der Waals surface area contributed by atoms with Gasteiger partial charge in [-0.25, -0.2) is 4.79 Å². The van der Waals surface area contributed by atoms with Crippen molar-refractivity contribution in [1.29, 1.82) is 0 Å². The van der Waals surface area contributed by atoms with Crippen LogP contribution < -0.4 is 5.32 Å². The number of nitrogens with zero attached hydrogens (tertiary/aromatic N) is 1. The van der Waals surface area contributed by atoms with Crippen LogP contribution in [0.4, 0.5) is 0 Å². The second-order valence-corrected chi connectivity index (χ2v) is 4.94. The fourth-order valence-corrected chi connectivity index (χ4v) is 1.87. The molecule has 5 nitrogen and oxygen atoms in total. The molecule has 0 saturated heterocycles. The minimum Gasteiger partial charge on any atom is -0.466 e. The molecule has 0 aliphatic heterocycles. The minimum absolute atomic E-state index is 0.173. The van der Waals surface area contributed by atoms with E-state index in [-0.39, 0.29) is 5.91 Å². The van der Waals surface area contributed by atoms with Crippen LogP contribution in [0.1, 0.15) is 16.7 Å². The van der Waals surface area contributed by atoms with Gasteiger partial charge in [-0.3, -0.25) is 9.78 Å². The predicted octanol–water partition coefficient (Wildman–Crippen LogP) is 2.60. The number of carbonyl (C=O) groups excluding carboxylic acids is 2. The van der Waals surface area contributed by atoms with Crippen molar-refractivity contribution in [1.82, 2.24) is 10.3 Å². The average molecular weight is 322 g/mol. The Kier molecular flexibility index (Phi) is 6.46. The average Bonchev–Trinajstić information content (AvgIpc) is 2.64. The first-order valence-electron chi connectivity index (χ1n) is 7.38. The number of hydrogen-bond donors (Lipinski definition) is 1. The number of nitrogens with one attached hydrogen (secondary N) is 1. The summed E-state index contributed by atoms with van der Waals surface area (Å²) in [5, 5.41) is 2.79. The molecule has 0 spiro atoms. The molecule has 2 aromatic rings. The maximum absolute atomic E-state index is 11.8. The highest BCUT2D eigenvalue weighted by Crippen LogP contribution is 2.08. The van der Waals surface area contributed by atoms with Crippen molar-refractivity contribution >= 4 is 24.0 Å². The molecular weight excluding hydrogens is 304 g/mol. The summed E-state index contributed by atoms with van der Waals surface area (Å²) in [7, 11) is 1.33. The van der Waals surface area contributed by atoms with Crippen LogP contribution in [0.3, 0.4) is 0 Å². The second kappa shape index (κ2) is 9.05. The van der Waals surface area contributed by atoms with E-state index in [4.69, 9.17) is 0 Å². The van der Waals surface area contributed by atoms with Crippen molar-refractivity contribution in [2.45, 2.75) is 6.54 Å². The number of ether oxygens (including phenoxy) is 1. The Morgan fingerprint density at radius 1 is 1.08 bits per heavy atom. The van der Waals surface area contributed by atoms with Gasteiger partial charge in [-0.15, -0.1) is 0 Å². The lowest BCUT2D eigenvalue weighted by Crippen LogP contribution is -2.20. The Balaban J connectivity index is 1.86. The molecule has 0 bridgehead atoms. The van der Waals surface area contributed by atoms with Crippen LogP contribution in [0.15, 0.2) is 60.9 Å². The summed E-state index contributed by atoms with van der Waals surface area (Å²) in [6, 6.07) is 11.2. The van der Waals surface area contributed by atoms with Crippen molar-refractivity contribution in [2.24, 2.45) is 0 Å². The van der Waals surface area contributed by atoms with E-state index in [1.54, 1.807) is 24.5 Å². The van der Waals surface area contributed by atoms with E-state index >= 15 is 0 Å². The third kappa shape index (κ3) is 5.88. The highest BCUT2D eigenvalue weighted by Gasteiger charge is 1.97. The van der Waals surface area contributed by atoms with Gasteiger partial charge in [0.1, 0.15) is 0 Å². The highest BCUT2D eigenvalue weighted by atomic mass is 16.5. The monoisotopic (exact) mass is 322 g/mol. The van der Waals surface area contributed by atoms with Crippen molar-refractivity contribution in [3.63, 3.8) is 0 Å². The van der Waals surface area contributed by atoms with Crippen molar-refractivity contribution in [3.8, 4) is 0 Å². The lowest BCUT2D eigenvalue weighted by Gasteiger charge is -2.01. The van der Waals surface area contributed by atoms with Crippen molar-refractivity contribution in [2.75, 3.05) is 7.11 Å². The van der Waals surface area contributed by atoms with Gasteiger partial charge in [0.05, 0.1) is 7.11 Å². The quantitative estimate of drug-likeness (QED) is 0.656. The van der Waals surface area contributed by atoms with E-state index < -0.39 is 5.97 Å². The number of carbonyl (C=O) groups is 2. The summed E-state index contributed by atoms with van der Waals surface area (Å²) in [5.74, 6) is -0.572. The molecule has 0 fully saturated rings. The predicted molar refractivity (Wildman–Crippen MR) is 92.6 cm³/mol. The molecule has 0 aliphatic rings. The molecule has 2 rings (SSSR count). The summed E-state index contributed by atoms with van der Waals surface area (Å²) in [5.41, 5.74) is 2.71. The van der Waals surface area contributed by atoms with Gasteiger partial charge >= 0.3 is 5.97 Å². The van der Waals surface area contributed by atoms with Gasteiger partial charge in [0.25, 0.3) is 0 Å². The lowest BCUT2D eigenvalue weighted by molar-refractivity contribution is -0.134. The Morgan fingerprint density at radius 3 is 2.33 bits per heavy atom. The van der Waals surface area contributed by atoms with Crippen LogP contribution in [0.25, 0.3) is 12.2 Å². The summed E-state index contributed by atoms with van der Waals surface area (Å²) < 4.78 is 4.53. The zero-order chi connectivity index (χ0) is 17.2. The molecule has 0 saturated carbocycles. The zero-order valence-corrected chi connectivity index (χ0v) is 13.3. The number of esters is 1. The maximum atomic E-state index is 11.8. The van der Waals surface area contributed by atoms with Crippen LogP contribution in [0.2, 0.25) is 0 Å². The van der Waals surface area contributed by atoms with Gasteiger partial charge < -0.3 is 10.1 Å². The highest BCUT2D eigenvalue weighted by molar-refractivity contribution is 5.91. The van der Waals surface area contributed by atoms with E-state index in [1.165, 1.54) is 19.3 Å². The molecule has 24 heavy (non-hydrogen) atoms. The fraction of sp³-hybridized carbons (Fsp3) is 0.105. The van der Waals surface area contributed by atoms with Gasteiger partial charge in [-0.2, -0.15) is 0 Å². The number of methoxy groups -OCH3 is 1. The van der Waals surface area contributed by atoms with E-state index in [0.29, 0.717) is 6.54 Å². The molecule has 0 aliphatic carbocycles. The molecule has 1 amide bonds. The number of amides is 1. The van der Waals surface area contributed by atoms with E-state index in [2.05, 4.69) is 15.0 Å². The Labute approximate surface area is 140 Å². The van der Waals surface area contributed by atoms with E-state index in [1.807, 2.05) is 36.4 Å². The fourth-order valence-electron chi connectivity index (χ4n) is 1.87. The third-order valence-corrected chi connectivity index (χ3v) is 3.17. The molecule has 5 heteroatoms. The summed E-state index contributed by atoms with van der Waals surface area (Å²) in [6.45, 7) is 0.439. The number of aromatic nitrogens is 1. The van der Waals surface area contributed by atoms with Crippen LogP contribution in [0.5, 0.6) is 0 Å². The summed E-state index contributed by atoms with van der Waals surface area (Å²) >= 11 is 0. The molecule has 1 aromatic heterocycles. The summed E-state index contributed by atoms with van der Waals surface area (Å²) in [6.07, 6.45) is 9.64. The number of hydrogen-bond acceptors (Lipinski definition) is 4. The first kappa shape index (κ1) is 17.1. The Bertz CT molecular complexity index is 735. The van der Waals surface area contributed by atoms with E-state index in [9.17, 15) is 9.59 Å². The summed E-state index contributed by atoms with van der Waals surface area (Å²) in [4.78, 5) is 26.8. The lowest BCUT2D eigenvalue weighted by atomic mass is 10.1. The van der Waals surface area contributed by atoms with Crippen LogP contribution >= 0.6 is 0 Å². The minimum atomic E-state index is -0.399. The van der Waals surface area contributed by atoms with Crippen LogP contribution in [-0.2, 0) is 20.9 Å². The van der Waals surface area contributed by atoms with Gasteiger partial charge in [0, 0.05) is 31.1 Å². The molecule has 0 radical (unpaired) electrons. The molecule has 1 heterocycles. The molecule has 1 N–H and O–H groups in total. The first-order valence-corrected chi connectivity index (χ1v) is 7.38. The number of rotatable bonds is 6. The first-order chi connectivity index (χ1) is 11.7. The van der Waals surface area contributed by atoms with Gasteiger partial charge in [0.2, 0.25) is 5.91 Å². The maximum Gasteiger partial charge on any atom is 0.330 e. The van der Waals surface area contributed by atoms with Crippen LogP contribution in [0, 0.1) is 0 Å². The Hall–Kier alpha value is -3.21. The standard InChI is InChI=1S/C19H18N2O3/c1-24-19(23)11-9-16-6-4-15(5-7-16)8-10-18(22)21-14-17-3-2-12-20-13-17/h2-13H,14H2,1H3,(H,21,22)/b10-8+,11-9+. The topological polar surface area (TPSA) is 68.3 Å². The largest absolute Gasteiger partial charge is 0.466 e. The molecule has 1 aromatic carbocycles. The van der Waals surface area contributed by atoms with Gasteiger partial charge in [-0.05, 0) is 34.9 Å².